The fourth-order valence-corrected chi connectivity index (χ4v) is 1.26. The number of halogens is 3. The third-order valence-corrected chi connectivity index (χ3v) is 2.04. The molecule has 1 amide bonds. The van der Waals surface area contributed by atoms with Crippen molar-refractivity contribution in [3.8, 4) is 0 Å². The van der Waals surface area contributed by atoms with E-state index in [0.717, 1.165) is 12.1 Å². The summed E-state index contributed by atoms with van der Waals surface area (Å²) in [7, 11) is 0. The Hall–Kier alpha value is -1.78. The highest BCUT2D eigenvalue weighted by Crippen LogP contribution is 2.29. The summed E-state index contributed by atoms with van der Waals surface area (Å²) in [5.41, 5.74) is -0.298. The van der Waals surface area contributed by atoms with Gasteiger partial charge in [0.2, 0.25) is 5.91 Å². The third-order valence-electron chi connectivity index (χ3n) is 2.04. The maximum atomic E-state index is 12.4. The van der Waals surface area contributed by atoms with E-state index in [1.54, 1.807) is 13.0 Å². The van der Waals surface area contributed by atoms with Gasteiger partial charge in [-0.2, -0.15) is 13.2 Å². The molecule has 0 fully saturated rings. The van der Waals surface area contributed by atoms with Crippen LogP contribution in [0.4, 0.5) is 13.2 Å². The smallest absolute Gasteiger partial charge is 0.348 e. The number of hydrogen-bond donors (Lipinski definition) is 1. The van der Waals surface area contributed by atoms with Gasteiger partial charge in [0.25, 0.3) is 0 Å². The molecular formula is C12H12F3NO. The van der Waals surface area contributed by atoms with Crippen molar-refractivity contribution in [3.63, 3.8) is 0 Å². The standard InChI is InChI=1S/C12H12F3NO/c1-2-4-11(17)16-8-9-5-3-6-10(7-9)12(13,14)15/h2-7H,8H2,1H3,(H,16,17). The highest BCUT2D eigenvalue weighted by Gasteiger charge is 2.30. The van der Waals surface area contributed by atoms with Gasteiger partial charge in [-0.25, -0.2) is 0 Å². The first kappa shape index (κ1) is 13.3. The number of allylic oxidation sites excluding steroid dienone is 1. The van der Waals surface area contributed by atoms with Crippen LogP contribution in [0.25, 0.3) is 0 Å². The van der Waals surface area contributed by atoms with E-state index in [4.69, 9.17) is 0 Å². The molecular weight excluding hydrogens is 231 g/mol. The highest BCUT2D eigenvalue weighted by atomic mass is 19.4. The summed E-state index contributed by atoms with van der Waals surface area (Å²) in [5, 5.41) is 2.49. The van der Waals surface area contributed by atoms with Gasteiger partial charge in [0.1, 0.15) is 0 Å². The van der Waals surface area contributed by atoms with E-state index < -0.39 is 11.7 Å². The van der Waals surface area contributed by atoms with Crippen molar-refractivity contribution >= 4 is 5.91 Å². The Bertz CT molecular complexity index is 424. The molecule has 1 N–H and O–H groups in total. The zero-order valence-corrected chi connectivity index (χ0v) is 9.21. The van der Waals surface area contributed by atoms with Crippen molar-refractivity contribution < 1.29 is 18.0 Å². The fourth-order valence-electron chi connectivity index (χ4n) is 1.26. The number of carbonyl (C=O) groups is 1. The molecule has 0 aliphatic carbocycles. The normalized spacial score (nSPS) is 11.8. The Balaban J connectivity index is 2.70. The van der Waals surface area contributed by atoms with E-state index in [1.807, 2.05) is 0 Å². The van der Waals surface area contributed by atoms with Crippen LogP contribution in [-0.4, -0.2) is 5.91 Å². The number of rotatable bonds is 3. The van der Waals surface area contributed by atoms with Gasteiger partial charge in [-0.3, -0.25) is 4.79 Å². The maximum Gasteiger partial charge on any atom is 0.416 e. The molecule has 92 valence electrons. The van der Waals surface area contributed by atoms with Gasteiger partial charge < -0.3 is 5.32 Å². The Kier molecular flexibility index (Phi) is 4.31. The average Bonchev–Trinajstić information content (AvgIpc) is 2.26. The number of nitrogens with one attached hydrogen (secondary N) is 1. The van der Waals surface area contributed by atoms with Crippen molar-refractivity contribution in [1.29, 1.82) is 0 Å². The van der Waals surface area contributed by atoms with E-state index in [9.17, 15) is 18.0 Å². The van der Waals surface area contributed by atoms with Crippen LogP contribution in [0.1, 0.15) is 18.1 Å². The molecule has 0 aromatic heterocycles. The van der Waals surface area contributed by atoms with E-state index in [1.165, 1.54) is 18.2 Å². The summed E-state index contributed by atoms with van der Waals surface area (Å²) in [6.07, 6.45) is -1.49. The molecule has 0 saturated carbocycles. The number of hydrogen-bond acceptors (Lipinski definition) is 1. The molecule has 0 aliphatic heterocycles. The van der Waals surface area contributed by atoms with Gasteiger partial charge in [0.05, 0.1) is 5.56 Å². The van der Waals surface area contributed by atoms with E-state index in [0.29, 0.717) is 5.56 Å². The molecule has 0 bridgehead atoms. The van der Waals surface area contributed by atoms with Crippen molar-refractivity contribution in [2.24, 2.45) is 0 Å². The molecule has 1 aromatic carbocycles. The summed E-state index contributed by atoms with van der Waals surface area (Å²) in [6, 6.07) is 4.87. The molecule has 0 saturated heterocycles. The van der Waals surface area contributed by atoms with Crippen LogP contribution in [0.3, 0.4) is 0 Å². The van der Waals surface area contributed by atoms with Gasteiger partial charge in [-0.15, -0.1) is 0 Å². The van der Waals surface area contributed by atoms with Gasteiger partial charge >= 0.3 is 6.18 Å². The molecule has 2 nitrogen and oxygen atoms in total. The molecule has 0 heterocycles. The van der Waals surface area contributed by atoms with Crippen molar-refractivity contribution in [1.82, 2.24) is 5.32 Å². The van der Waals surface area contributed by atoms with Crippen molar-refractivity contribution in [3.05, 3.63) is 47.5 Å². The maximum absolute atomic E-state index is 12.4. The van der Waals surface area contributed by atoms with Gasteiger partial charge in [-0.1, -0.05) is 18.2 Å². The zero-order valence-electron chi connectivity index (χ0n) is 9.21. The topological polar surface area (TPSA) is 29.1 Å². The third kappa shape index (κ3) is 4.30. The molecule has 0 unspecified atom stereocenters. The average molecular weight is 243 g/mol. The lowest BCUT2D eigenvalue weighted by Gasteiger charge is -2.08. The van der Waals surface area contributed by atoms with Crippen LogP contribution >= 0.6 is 0 Å². The first-order chi connectivity index (χ1) is 7.93. The van der Waals surface area contributed by atoms with E-state index in [2.05, 4.69) is 5.32 Å². The Morgan fingerprint density at radius 1 is 1.41 bits per heavy atom. The highest BCUT2D eigenvalue weighted by molar-refractivity contribution is 5.87. The molecule has 0 radical (unpaired) electrons. The second kappa shape index (κ2) is 5.52. The molecule has 1 rings (SSSR count). The summed E-state index contributed by atoms with van der Waals surface area (Å²) in [6.45, 7) is 1.76. The first-order valence-corrected chi connectivity index (χ1v) is 5.00. The van der Waals surface area contributed by atoms with Crippen LogP contribution in [-0.2, 0) is 17.5 Å². The predicted octanol–water partition coefficient (Wildman–Crippen LogP) is 2.90. The quantitative estimate of drug-likeness (QED) is 0.812. The molecule has 0 atom stereocenters. The minimum atomic E-state index is -4.36. The zero-order chi connectivity index (χ0) is 12.9. The Labute approximate surface area is 97.1 Å². The van der Waals surface area contributed by atoms with Crippen molar-refractivity contribution in [2.75, 3.05) is 0 Å². The lowest BCUT2D eigenvalue weighted by atomic mass is 10.1. The Morgan fingerprint density at radius 3 is 2.71 bits per heavy atom. The predicted molar refractivity (Wildman–Crippen MR) is 58.1 cm³/mol. The number of amides is 1. The lowest BCUT2D eigenvalue weighted by Crippen LogP contribution is -2.20. The van der Waals surface area contributed by atoms with Gasteiger partial charge in [0.15, 0.2) is 0 Å². The molecule has 1 aromatic rings. The molecule has 0 spiro atoms. The van der Waals surface area contributed by atoms with Gasteiger partial charge in [-0.05, 0) is 30.7 Å². The second-order valence-corrected chi connectivity index (χ2v) is 3.42. The Morgan fingerprint density at radius 2 is 2.12 bits per heavy atom. The summed E-state index contributed by atoms with van der Waals surface area (Å²) in [5.74, 6) is -0.329. The van der Waals surface area contributed by atoms with Crippen LogP contribution in [0, 0.1) is 0 Å². The minimum Gasteiger partial charge on any atom is -0.348 e. The first-order valence-electron chi connectivity index (χ1n) is 5.00. The number of alkyl halides is 3. The molecule has 0 aliphatic rings. The van der Waals surface area contributed by atoms with E-state index in [-0.39, 0.29) is 12.5 Å². The van der Waals surface area contributed by atoms with Gasteiger partial charge in [0, 0.05) is 6.54 Å². The van der Waals surface area contributed by atoms with Crippen LogP contribution in [0.2, 0.25) is 0 Å². The van der Waals surface area contributed by atoms with E-state index >= 15 is 0 Å². The second-order valence-electron chi connectivity index (χ2n) is 3.42. The summed E-state index contributed by atoms with van der Waals surface area (Å²) < 4.78 is 37.2. The number of benzene rings is 1. The fraction of sp³-hybridized carbons (Fsp3) is 0.250. The van der Waals surface area contributed by atoms with Crippen LogP contribution in [0.15, 0.2) is 36.4 Å². The molecule has 5 heteroatoms. The monoisotopic (exact) mass is 243 g/mol. The van der Waals surface area contributed by atoms with Crippen LogP contribution < -0.4 is 5.32 Å². The largest absolute Gasteiger partial charge is 0.416 e. The summed E-state index contributed by atoms with van der Waals surface area (Å²) >= 11 is 0. The van der Waals surface area contributed by atoms with Crippen LogP contribution in [0.5, 0.6) is 0 Å². The van der Waals surface area contributed by atoms with Crippen molar-refractivity contribution in [2.45, 2.75) is 19.6 Å². The summed E-state index contributed by atoms with van der Waals surface area (Å²) in [4.78, 5) is 11.1. The minimum absolute atomic E-state index is 0.0765. The lowest BCUT2D eigenvalue weighted by molar-refractivity contribution is -0.137. The molecule has 17 heavy (non-hydrogen) atoms. The SMILES string of the molecule is CC=CC(=O)NCc1cccc(C(F)(F)F)c1. The number of carbonyl (C=O) groups excluding carboxylic acids is 1.